The SMILES string of the molecule is COc1ccc(Br)cc1NC(=O)c1ccc([N+](=O)[O-])n1C. The zero-order chi connectivity index (χ0) is 15.6. The van der Waals surface area contributed by atoms with E-state index in [1.165, 1.54) is 30.9 Å². The second-order valence-electron chi connectivity index (χ2n) is 4.19. The fraction of sp³-hybridized carbons (Fsp3) is 0.154. The fourth-order valence-electron chi connectivity index (χ4n) is 1.88. The zero-order valence-electron chi connectivity index (χ0n) is 11.3. The summed E-state index contributed by atoms with van der Waals surface area (Å²) in [6, 6.07) is 7.86. The molecule has 1 amide bonds. The van der Waals surface area contributed by atoms with Crippen molar-refractivity contribution in [3.8, 4) is 5.75 Å². The van der Waals surface area contributed by atoms with E-state index >= 15 is 0 Å². The lowest BCUT2D eigenvalue weighted by Crippen LogP contribution is -2.16. The zero-order valence-corrected chi connectivity index (χ0v) is 12.9. The van der Waals surface area contributed by atoms with E-state index in [1.54, 1.807) is 18.2 Å². The first-order chi connectivity index (χ1) is 9.93. The summed E-state index contributed by atoms with van der Waals surface area (Å²) in [6.45, 7) is 0. The van der Waals surface area contributed by atoms with Crippen molar-refractivity contribution in [2.75, 3.05) is 12.4 Å². The van der Waals surface area contributed by atoms with Crippen LogP contribution in [0, 0.1) is 10.1 Å². The van der Waals surface area contributed by atoms with Crippen molar-refractivity contribution in [2.24, 2.45) is 7.05 Å². The van der Waals surface area contributed by atoms with Crippen LogP contribution in [0.1, 0.15) is 10.5 Å². The molecule has 0 aliphatic heterocycles. The van der Waals surface area contributed by atoms with Gasteiger partial charge in [0.1, 0.15) is 5.75 Å². The van der Waals surface area contributed by atoms with Gasteiger partial charge in [-0.15, -0.1) is 0 Å². The lowest BCUT2D eigenvalue weighted by Gasteiger charge is -2.10. The maximum absolute atomic E-state index is 12.2. The Labute approximate surface area is 128 Å². The lowest BCUT2D eigenvalue weighted by atomic mass is 10.3. The third-order valence-corrected chi connectivity index (χ3v) is 3.42. The Morgan fingerprint density at radius 3 is 2.67 bits per heavy atom. The standard InChI is InChI=1S/C13H12BrN3O4/c1-16-10(4-6-12(16)17(19)20)13(18)15-9-7-8(14)3-5-11(9)21-2/h3-7H,1-2H3,(H,15,18). The van der Waals surface area contributed by atoms with Gasteiger partial charge in [-0.05, 0) is 29.2 Å². The molecule has 7 nitrogen and oxygen atoms in total. The van der Waals surface area contributed by atoms with Crippen molar-refractivity contribution < 1.29 is 14.5 Å². The van der Waals surface area contributed by atoms with Crippen LogP contribution in [0.2, 0.25) is 0 Å². The van der Waals surface area contributed by atoms with Crippen molar-refractivity contribution in [1.82, 2.24) is 4.57 Å². The van der Waals surface area contributed by atoms with E-state index in [0.29, 0.717) is 11.4 Å². The predicted octanol–water partition coefficient (Wildman–Crippen LogP) is 2.96. The van der Waals surface area contributed by atoms with Gasteiger partial charge in [-0.25, -0.2) is 4.57 Å². The van der Waals surface area contributed by atoms with Crippen molar-refractivity contribution >= 4 is 33.3 Å². The molecule has 1 heterocycles. The van der Waals surface area contributed by atoms with E-state index in [0.717, 1.165) is 4.47 Å². The summed E-state index contributed by atoms with van der Waals surface area (Å²) in [6.07, 6.45) is 0. The maximum Gasteiger partial charge on any atom is 0.323 e. The molecule has 0 saturated heterocycles. The van der Waals surface area contributed by atoms with Crippen LogP contribution in [-0.4, -0.2) is 22.5 Å². The molecule has 1 aromatic carbocycles. The minimum absolute atomic E-state index is 0.152. The second-order valence-corrected chi connectivity index (χ2v) is 5.11. The molecule has 1 aromatic heterocycles. The van der Waals surface area contributed by atoms with Gasteiger partial charge >= 0.3 is 5.82 Å². The number of carbonyl (C=O) groups is 1. The summed E-state index contributed by atoms with van der Waals surface area (Å²) in [5, 5.41) is 13.5. The largest absolute Gasteiger partial charge is 0.495 e. The maximum atomic E-state index is 12.2. The molecule has 0 aliphatic carbocycles. The van der Waals surface area contributed by atoms with Crippen LogP contribution in [0.15, 0.2) is 34.8 Å². The normalized spacial score (nSPS) is 10.2. The molecule has 8 heteroatoms. The molecular weight excluding hydrogens is 342 g/mol. The van der Waals surface area contributed by atoms with Crippen LogP contribution < -0.4 is 10.1 Å². The number of anilines is 1. The second kappa shape index (κ2) is 5.96. The number of hydrogen-bond acceptors (Lipinski definition) is 4. The van der Waals surface area contributed by atoms with Gasteiger partial charge in [0.2, 0.25) is 0 Å². The van der Waals surface area contributed by atoms with Crippen LogP contribution in [0.5, 0.6) is 5.75 Å². The smallest absolute Gasteiger partial charge is 0.323 e. The van der Waals surface area contributed by atoms with Gasteiger partial charge in [0.05, 0.1) is 19.8 Å². The summed E-state index contributed by atoms with van der Waals surface area (Å²) in [4.78, 5) is 22.5. The third kappa shape index (κ3) is 3.05. The lowest BCUT2D eigenvalue weighted by molar-refractivity contribution is -0.391. The summed E-state index contributed by atoms with van der Waals surface area (Å²) in [5.74, 6) is -0.112. The van der Waals surface area contributed by atoms with E-state index in [1.807, 2.05) is 0 Å². The third-order valence-electron chi connectivity index (χ3n) is 2.92. The summed E-state index contributed by atoms with van der Waals surface area (Å²) < 4.78 is 7.16. The first-order valence-corrected chi connectivity index (χ1v) is 6.68. The molecule has 0 saturated carbocycles. The van der Waals surface area contributed by atoms with Crippen LogP contribution in [0.3, 0.4) is 0 Å². The average molecular weight is 354 g/mol. The number of nitrogens with one attached hydrogen (secondary N) is 1. The summed E-state index contributed by atoms with van der Waals surface area (Å²) in [7, 11) is 2.96. The Hall–Kier alpha value is -2.35. The number of amides is 1. The van der Waals surface area contributed by atoms with Gasteiger partial charge in [0, 0.05) is 10.5 Å². The van der Waals surface area contributed by atoms with E-state index in [2.05, 4.69) is 21.2 Å². The molecule has 0 unspecified atom stereocenters. The van der Waals surface area contributed by atoms with E-state index in [9.17, 15) is 14.9 Å². The highest BCUT2D eigenvalue weighted by atomic mass is 79.9. The molecule has 1 N–H and O–H groups in total. The Balaban J connectivity index is 2.30. The van der Waals surface area contributed by atoms with Crippen molar-refractivity contribution in [3.05, 3.63) is 50.6 Å². The molecule has 0 aliphatic rings. The molecular formula is C13H12BrN3O4. The molecule has 2 aromatic rings. The number of ether oxygens (including phenoxy) is 1. The molecule has 0 spiro atoms. The monoisotopic (exact) mass is 353 g/mol. The molecule has 0 fully saturated rings. The number of benzene rings is 1. The summed E-state index contributed by atoms with van der Waals surface area (Å²) >= 11 is 3.31. The molecule has 0 radical (unpaired) electrons. The number of nitro groups is 1. The van der Waals surface area contributed by atoms with Gasteiger partial charge < -0.3 is 20.2 Å². The Kier molecular flexibility index (Phi) is 4.27. The summed E-state index contributed by atoms with van der Waals surface area (Å²) in [5.41, 5.74) is 0.657. The number of nitrogens with zero attached hydrogens (tertiary/aromatic N) is 2. The molecule has 0 bridgehead atoms. The highest BCUT2D eigenvalue weighted by molar-refractivity contribution is 9.10. The van der Waals surface area contributed by atoms with Gasteiger partial charge in [-0.3, -0.25) is 4.79 Å². The quantitative estimate of drug-likeness (QED) is 0.676. The Morgan fingerprint density at radius 2 is 2.10 bits per heavy atom. The topological polar surface area (TPSA) is 86.4 Å². The van der Waals surface area contributed by atoms with Gasteiger partial charge in [0.15, 0.2) is 5.69 Å². The van der Waals surface area contributed by atoms with Crippen molar-refractivity contribution in [1.29, 1.82) is 0 Å². The van der Waals surface area contributed by atoms with Crippen LogP contribution in [0.25, 0.3) is 0 Å². The average Bonchev–Trinajstić information content (AvgIpc) is 2.81. The van der Waals surface area contributed by atoms with Crippen LogP contribution >= 0.6 is 15.9 Å². The predicted molar refractivity (Wildman–Crippen MR) is 80.7 cm³/mol. The van der Waals surface area contributed by atoms with E-state index < -0.39 is 10.8 Å². The molecule has 110 valence electrons. The number of hydrogen-bond donors (Lipinski definition) is 1. The van der Waals surface area contributed by atoms with Crippen LogP contribution in [0.4, 0.5) is 11.5 Å². The van der Waals surface area contributed by atoms with Crippen LogP contribution in [-0.2, 0) is 7.05 Å². The number of aromatic nitrogens is 1. The number of carbonyl (C=O) groups excluding carboxylic acids is 1. The minimum Gasteiger partial charge on any atom is -0.495 e. The van der Waals surface area contributed by atoms with E-state index in [4.69, 9.17) is 4.74 Å². The van der Waals surface area contributed by atoms with Gasteiger partial charge in [-0.2, -0.15) is 0 Å². The minimum atomic E-state index is -0.545. The molecule has 0 atom stereocenters. The first-order valence-electron chi connectivity index (χ1n) is 5.89. The van der Waals surface area contributed by atoms with E-state index in [-0.39, 0.29) is 11.5 Å². The van der Waals surface area contributed by atoms with Gasteiger partial charge in [-0.1, -0.05) is 15.9 Å². The van der Waals surface area contributed by atoms with Crippen molar-refractivity contribution in [3.63, 3.8) is 0 Å². The highest BCUT2D eigenvalue weighted by Gasteiger charge is 2.21. The van der Waals surface area contributed by atoms with Gasteiger partial charge in [0.25, 0.3) is 5.91 Å². The number of halogens is 1. The number of methoxy groups -OCH3 is 1. The Bertz CT molecular complexity index is 711. The number of rotatable bonds is 4. The highest BCUT2D eigenvalue weighted by Crippen LogP contribution is 2.28. The molecule has 2 rings (SSSR count). The van der Waals surface area contributed by atoms with Crippen molar-refractivity contribution in [2.45, 2.75) is 0 Å². The molecule has 21 heavy (non-hydrogen) atoms. The first kappa shape index (κ1) is 15.0. The fourth-order valence-corrected chi connectivity index (χ4v) is 2.24. The Morgan fingerprint density at radius 1 is 1.38 bits per heavy atom.